The summed E-state index contributed by atoms with van der Waals surface area (Å²) < 4.78 is 25.8. The molecule has 0 aliphatic heterocycles. The molecule has 1 rings (SSSR count). The minimum atomic E-state index is -0.408. The summed E-state index contributed by atoms with van der Waals surface area (Å²) in [6.07, 6.45) is 0.792. The highest BCUT2D eigenvalue weighted by atomic mass is 32.2. The van der Waals surface area contributed by atoms with Crippen molar-refractivity contribution in [1.29, 1.82) is 0 Å². The summed E-state index contributed by atoms with van der Waals surface area (Å²) in [7, 11) is 0. The molecule has 0 aromatic heterocycles. The Morgan fingerprint density at radius 3 is 2.79 bits per heavy atom. The van der Waals surface area contributed by atoms with E-state index in [-0.39, 0.29) is 11.9 Å². The maximum Gasteiger partial charge on any atom is 0.136 e. The second kappa shape index (κ2) is 5.32. The summed E-state index contributed by atoms with van der Waals surface area (Å²) in [6, 6.07) is 3.56. The molecule has 0 saturated carbocycles. The third-order valence-electron chi connectivity index (χ3n) is 1.72. The van der Waals surface area contributed by atoms with E-state index in [0.29, 0.717) is 10.6 Å². The number of halogens is 2. The Kier molecular flexibility index (Phi) is 4.35. The molecule has 1 aromatic carbocycles. The molecule has 0 saturated heterocycles. The van der Waals surface area contributed by atoms with Crippen molar-refractivity contribution in [2.45, 2.75) is 24.3 Å². The summed E-state index contributed by atoms with van der Waals surface area (Å²) in [5.41, 5.74) is 5.54. The van der Waals surface area contributed by atoms with Gasteiger partial charge in [0, 0.05) is 10.9 Å². The van der Waals surface area contributed by atoms with Gasteiger partial charge in [-0.2, -0.15) is 0 Å². The van der Waals surface area contributed by atoms with Crippen LogP contribution in [0.15, 0.2) is 23.1 Å². The van der Waals surface area contributed by atoms with Crippen LogP contribution in [0.5, 0.6) is 0 Å². The van der Waals surface area contributed by atoms with E-state index in [1.54, 1.807) is 0 Å². The van der Waals surface area contributed by atoms with E-state index in [4.69, 9.17) is 5.73 Å². The molecule has 0 bridgehead atoms. The lowest BCUT2D eigenvalue weighted by Crippen LogP contribution is -2.15. The lowest BCUT2D eigenvalue weighted by molar-refractivity contribution is 0.577. The van der Waals surface area contributed by atoms with Gasteiger partial charge in [0.1, 0.15) is 11.6 Å². The van der Waals surface area contributed by atoms with Gasteiger partial charge in [-0.3, -0.25) is 0 Å². The van der Waals surface area contributed by atoms with Crippen molar-refractivity contribution in [3.8, 4) is 0 Å². The third-order valence-corrected chi connectivity index (χ3v) is 2.79. The third kappa shape index (κ3) is 3.64. The van der Waals surface area contributed by atoms with Gasteiger partial charge in [-0.25, -0.2) is 8.78 Å². The first-order valence-electron chi connectivity index (χ1n) is 4.43. The number of hydrogen-bond acceptors (Lipinski definition) is 2. The van der Waals surface area contributed by atoms with Gasteiger partial charge < -0.3 is 5.73 Å². The maximum absolute atomic E-state index is 13.1. The average Bonchev–Trinajstić information content (AvgIpc) is 2.10. The van der Waals surface area contributed by atoms with Crippen LogP contribution in [0.1, 0.15) is 13.3 Å². The van der Waals surface area contributed by atoms with E-state index >= 15 is 0 Å². The van der Waals surface area contributed by atoms with E-state index in [1.165, 1.54) is 17.8 Å². The SMILES string of the molecule is CC(N)CCSc1cc(F)ccc1F. The fraction of sp³-hybridized carbons (Fsp3) is 0.400. The highest BCUT2D eigenvalue weighted by Crippen LogP contribution is 2.23. The van der Waals surface area contributed by atoms with Gasteiger partial charge in [-0.05, 0) is 37.3 Å². The Hall–Kier alpha value is -0.610. The van der Waals surface area contributed by atoms with Gasteiger partial charge in [-0.1, -0.05) is 0 Å². The molecule has 0 amide bonds. The second-order valence-corrected chi connectivity index (χ2v) is 4.33. The molecule has 1 unspecified atom stereocenters. The zero-order valence-electron chi connectivity index (χ0n) is 7.97. The summed E-state index contributed by atoms with van der Waals surface area (Å²) in [4.78, 5) is 0.352. The molecule has 0 heterocycles. The Morgan fingerprint density at radius 2 is 2.14 bits per heavy atom. The fourth-order valence-electron chi connectivity index (χ4n) is 0.943. The van der Waals surface area contributed by atoms with Gasteiger partial charge in [0.25, 0.3) is 0 Å². The Morgan fingerprint density at radius 1 is 1.43 bits per heavy atom. The van der Waals surface area contributed by atoms with E-state index in [9.17, 15) is 8.78 Å². The van der Waals surface area contributed by atoms with Crippen molar-refractivity contribution < 1.29 is 8.78 Å². The van der Waals surface area contributed by atoms with Crippen molar-refractivity contribution in [2.24, 2.45) is 5.73 Å². The van der Waals surface area contributed by atoms with Gasteiger partial charge in [-0.15, -0.1) is 11.8 Å². The summed E-state index contributed by atoms with van der Waals surface area (Å²) in [5.74, 6) is -0.0753. The van der Waals surface area contributed by atoms with Gasteiger partial charge in [0.15, 0.2) is 0 Å². The molecule has 0 aliphatic rings. The van der Waals surface area contributed by atoms with Crippen LogP contribution in [-0.4, -0.2) is 11.8 Å². The molecule has 1 nitrogen and oxygen atoms in total. The smallest absolute Gasteiger partial charge is 0.136 e. The van der Waals surface area contributed by atoms with Gasteiger partial charge >= 0.3 is 0 Å². The largest absolute Gasteiger partial charge is 0.328 e. The van der Waals surface area contributed by atoms with Crippen molar-refractivity contribution in [1.82, 2.24) is 0 Å². The van der Waals surface area contributed by atoms with E-state index in [1.807, 2.05) is 6.92 Å². The predicted octanol–water partition coefficient (Wildman–Crippen LogP) is 2.79. The zero-order chi connectivity index (χ0) is 10.6. The van der Waals surface area contributed by atoms with E-state index < -0.39 is 5.82 Å². The zero-order valence-corrected chi connectivity index (χ0v) is 8.78. The van der Waals surface area contributed by atoms with Crippen LogP contribution in [0.4, 0.5) is 8.78 Å². The molecular weight excluding hydrogens is 204 g/mol. The van der Waals surface area contributed by atoms with Crippen LogP contribution < -0.4 is 5.73 Å². The molecule has 1 atom stereocenters. The number of hydrogen-bond donors (Lipinski definition) is 1. The summed E-state index contributed by atoms with van der Waals surface area (Å²) in [5, 5.41) is 0. The van der Waals surface area contributed by atoms with Crippen molar-refractivity contribution >= 4 is 11.8 Å². The van der Waals surface area contributed by atoms with Crippen LogP contribution in [0.2, 0.25) is 0 Å². The molecular formula is C10H13F2NS. The molecule has 0 radical (unpaired) electrons. The normalized spacial score (nSPS) is 12.9. The molecule has 2 N–H and O–H groups in total. The van der Waals surface area contributed by atoms with Crippen LogP contribution >= 0.6 is 11.8 Å². The first kappa shape index (κ1) is 11.5. The predicted molar refractivity (Wildman–Crippen MR) is 55.3 cm³/mol. The van der Waals surface area contributed by atoms with Crippen LogP contribution in [0.3, 0.4) is 0 Å². The Bertz CT molecular complexity index is 302. The highest BCUT2D eigenvalue weighted by Gasteiger charge is 2.04. The molecule has 14 heavy (non-hydrogen) atoms. The van der Waals surface area contributed by atoms with Crippen LogP contribution in [0.25, 0.3) is 0 Å². The number of benzene rings is 1. The topological polar surface area (TPSA) is 26.0 Å². The van der Waals surface area contributed by atoms with Crippen molar-refractivity contribution in [3.05, 3.63) is 29.8 Å². The van der Waals surface area contributed by atoms with Crippen LogP contribution in [-0.2, 0) is 0 Å². The molecule has 0 spiro atoms. The van der Waals surface area contributed by atoms with Crippen molar-refractivity contribution in [3.63, 3.8) is 0 Å². The summed E-state index contributed by atoms with van der Waals surface area (Å²) >= 11 is 1.29. The van der Waals surface area contributed by atoms with E-state index in [0.717, 1.165) is 18.6 Å². The van der Waals surface area contributed by atoms with Crippen molar-refractivity contribution in [2.75, 3.05) is 5.75 Å². The molecule has 0 fully saturated rings. The minimum Gasteiger partial charge on any atom is -0.328 e. The Balaban J connectivity index is 2.53. The number of rotatable bonds is 4. The standard InChI is InChI=1S/C10H13F2NS/c1-7(13)4-5-14-10-6-8(11)2-3-9(10)12/h2-3,6-7H,4-5,13H2,1H3. The average molecular weight is 217 g/mol. The molecule has 78 valence electrons. The lowest BCUT2D eigenvalue weighted by Gasteiger charge is -2.05. The van der Waals surface area contributed by atoms with Crippen LogP contribution in [0, 0.1) is 11.6 Å². The molecule has 4 heteroatoms. The maximum atomic E-state index is 13.1. The Labute approximate surface area is 86.7 Å². The van der Waals surface area contributed by atoms with Gasteiger partial charge in [0.2, 0.25) is 0 Å². The highest BCUT2D eigenvalue weighted by molar-refractivity contribution is 7.99. The first-order valence-corrected chi connectivity index (χ1v) is 5.41. The quantitative estimate of drug-likeness (QED) is 0.785. The van der Waals surface area contributed by atoms with Gasteiger partial charge in [0.05, 0.1) is 0 Å². The molecule has 0 aliphatic carbocycles. The molecule has 1 aromatic rings. The first-order chi connectivity index (χ1) is 6.59. The second-order valence-electron chi connectivity index (χ2n) is 3.19. The lowest BCUT2D eigenvalue weighted by atomic mass is 10.3. The number of thioether (sulfide) groups is 1. The fourth-order valence-corrected chi connectivity index (χ4v) is 2.05. The monoisotopic (exact) mass is 217 g/mol. The minimum absolute atomic E-state index is 0.0964. The van der Waals surface area contributed by atoms with E-state index in [2.05, 4.69) is 0 Å². The summed E-state index contributed by atoms with van der Waals surface area (Å²) in [6.45, 7) is 1.89. The number of nitrogens with two attached hydrogens (primary N) is 1.